The molecule has 1 aromatic heterocycles. The molecule has 1 aliphatic rings. The fourth-order valence-corrected chi connectivity index (χ4v) is 3.55. The van der Waals surface area contributed by atoms with E-state index in [-0.39, 0.29) is 6.04 Å². The Bertz CT molecular complexity index is 353. The monoisotopic (exact) mass is 255 g/mol. The van der Waals surface area contributed by atoms with Crippen LogP contribution in [0.3, 0.4) is 0 Å². The lowest BCUT2D eigenvalue weighted by Crippen LogP contribution is -2.26. The molecule has 1 heterocycles. The molecule has 0 aromatic carbocycles. The molecule has 0 radical (unpaired) electrons. The highest BCUT2D eigenvalue weighted by molar-refractivity contribution is 7.99. The molecule has 96 valence electrons. The topological polar surface area (TPSA) is 55.6 Å². The number of rotatable bonds is 5. The van der Waals surface area contributed by atoms with E-state index < -0.39 is 0 Å². The SMILES string of the molecule is CCNC(C)c1nnnn1C1CCCC1SC. The zero-order chi connectivity index (χ0) is 12.3. The van der Waals surface area contributed by atoms with Gasteiger partial charge in [0.1, 0.15) is 0 Å². The van der Waals surface area contributed by atoms with Gasteiger partial charge in [-0.25, -0.2) is 4.68 Å². The quantitative estimate of drug-likeness (QED) is 0.869. The molecule has 0 bridgehead atoms. The highest BCUT2D eigenvalue weighted by Crippen LogP contribution is 2.37. The Kier molecular flexibility index (Phi) is 4.39. The van der Waals surface area contributed by atoms with Gasteiger partial charge in [0.05, 0.1) is 12.1 Å². The Balaban J connectivity index is 2.18. The fraction of sp³-hybridized carbons (Fsp3) is 0.909. The van der Waals surface area contributed by atoms with Crippen LogP contribution in [0.5, 0.6) is 0 Å². The minimum Gasteiger partial charge on any atom is -0.308 e. The summed E-state index contributed by atoms with van der Waals surface area (Å²) in [5.74, 6) is 0.970. The van der Waals surface area contributed by atoms with Gasteiger partial charge in [0.25, 0.3) is 0 Å². The van der Waals surface area contributed by atoms with E-state index in [0.29, 0.717) is 11.3 Å². The van der Waals surface area contributed by atoms with Crippen LogP contribution >= 0.6 is 11.8 Å². The number of hydrogen-bond donors (Lipinski definition) is 1. The molecule has 0 aliphatic heterocycles. The van der Waals surface area contributed by atoms with Gasteiger partial charge in [-0.05, 0) is 43.0 Å². The second-order valence-electron chi connectivity index (χ2n) is 4.53. The standard InChI is InChI=1S/C11H21N5S/c1-4-12-8(2)11-13-14-15-16(11)9-6-5-7-10(9)17-3/h8-10,12H,4-7H2,1-3H3. The molecule has 1 N–H and O–H groups in total. The lowest BCUT2D eigenvalue weighted by atomic mass is 10.2. The molecule has 5 nitrogen and oxygen atoms in total. The van der Waals surface area contributed by atoms with Gasteiger partial charge in [0, 0.05) is 5.25 Å². The third-order valence-electron chi connectivity index (χ3n) is 3.45. The van der Waals surface area contributed by atoms with Crippen molar-refractivity contribution >= 4 is 11.8 Å². The lowest BCUT2D eigenvalue weighted by Gasteiger charge is -2.20. The Morgan fingerprint density at radius 3 is 3.06 bits per heavy atom. The third kappa shape index (κ3) is 2.63. The van der Waals surface area contributed by atoms with Gasteiger partial charge in [-0.15, -0.1) is 5.10 Å². The van der Waals surface area contributed by atoms with Gasteiger partial charge in [0.15, 0.2) is 5.82 Å². The van der Waals surface area contributed by atoms with Gasteiger partial charge in [-0.2, -0.15) is 11.8 Å². The summed E-state index contributed by atoms with van der Waals surface area (Å²) in [6.07, 6.45) is 5.94. The van der Waals surface area contributed by atoms with Crippen LogP contribution < -0.4 is 5.32 Å². The molecular weight excluding hydrogens is 234 g/mol. The second-order valence-corrected chi connectivity index (χ2v) is 5.61. The van der Waals surface area contributed by atoms with Crippen molar-refractivity contribution in [2.45, 2.75) is 50.4 Å². The first kappa shape index (κ1) is 12.8. The Morgan fingerprint density at radius 1 is 1.53 bits per heavy atom. The van der Waals surface area contributed by atoms with Crippen LogP contribution in [-0.2, 0) is 0 Å². The van der Waals surface area contributed by atoms with Crippen molar-refractivity contribution in [2.75, 3.05) is 12.8 Å². The Morgan fingerprint density at radius 2 is 2.35 bits per heavy atom. The summed E-state index contributed by atoms with van der Waals surface area (Å²) < 4.78 is 2.04. The molecule has 3 unspecified atom stereocenters. The number of thioether (sulfide) groups is 1. The maximum absolute atomic E-state index is 4.20. The molecule has 0 saturated heterocycles. The first-order chi connectivity index (χ1) is 8.27. The average molecular weight is 255 g/mol. The summed E-state index contributed by atoms with van der Waals surface area (Å²) >= 11 is 1.94. The maximum atomic E-state index is 4.20. The lowest BCUT2D eigenvalue weighted by molar-refractivity contribution is 0.419. The summed E-state index contributed by atoms with van der Waals surface area (Å²) in [6, 6.07) is 0.689. The summed E-state index contributed by atoms with van der Waals surface area (Å²) in [6.45, 7) is 5.16. The molecule has 2 rings (SSSR count). The number of nitrogens with zero attached hydrogens (tertiary/aromatic N) is 4. The first-order valence-corrected chi connectivity index (χ1v) is 7.60. The molecule has 0 spiro atoms. The van der Waals surface area contributed by atoms with Crippen molar-refractivity contribution in [1.82, 2.24) is 25.5 Å². The van der Waals surface area contributed by atoms with Gasteiger partial charge in [-0.3, -0.25) is 0 Å². The van der Waals surface area contributed by atoms with Crippen LogP contribution in [0.1, 0.15) is 51.0 Å². The third-order valence-corrected chi connectivity index (χ3v) is 4.61. The average Bonchev–Trinajstić information content (AvgIpc) is 2.97. The van der Waals surface area contributed by atoms with Gasteiger partial charge in [0.2, 0.25) is 0 Å². The van der Waals surface area contributed by atoms with E-state index in [2.05, 4.69) is 40.9 Å². The van der Waals surface area contributed by atoms with Crippen molar-refractivity contribution in [1.29, 1.82) is 0 Å². The molecule has 1 saturated carbocycles. The van der Waals surface area contributed by atoms with Crippen LogP contribution in [0.25, 0.3) is 0 Å². The van der Waals surface area contributed by atoms with Crippen LogP contribution in [0.4, 0.5) is 0 Å². The molecule has 17 heavy (non-hydrogen) atoms. The summed E-state index contributed by atoms with van der Waals surface area (Å²) in [7, 11) is 0. The highest BCUT2D eigenvalue weighted by atomic mass is 32.2. The molecule has 6 heteroatoms. The van der Waals surface area contributed by atoms with Crippen LogP contribution in [0.2, 0.25) is 0 Å². The van der Waals surface area contributed by atoms with E-state index in [9.17, 15) is 0 Å². The number of hydrogen-bond acceptors (Lipinski definition) is 5. The van der Waals surface area contributed by atoms with E-state index in [1.54, 1.807) is 0 Å². The highest BCUT2D eigenvalue weighted by Gasteiger charge is 2.31. The Hall–Kier alpha value is -0.620. The summed E-state index contributed by atoms with van der Waals surface area (Å²) in [5.41, 5.74) is 0. The molecule has 1 aliphatic carbocycles. The first-order valence-electron chi connectivity index (χ1n) is 6.31. The van der Waals surface area contributed by atoms with Crippen molar-refractivity contribution < 1.29 is 0 Å². The van der Waals surface area contributed by atoms with E-state index >= 15 is 0 Å². The van der Waals surface area contributed by atoms with Gasteiger partial charge < -0.3 is 5.32 Å². The predicted octanol–water partition coefficient (Wildman–Crippen LogP) is 1.80. The Labute approximate surface area is 107 Å². The molecule has 3 atom stereocenters. The molecule has 1 fully saturated rings. The largest absolute Gasteiger partial charge is 0.308 e. The van der Waals surface area contributed by atoms with E-state index in [0.717, 1.165) is 12.4 Å². The van der Waals surface area contributed by atoms with Crippen LogP contribution in [0.15, 0.2) is 0 Å². The van der Waals surface area contributed by atoms with E-state index in [1.807, 2.05) is 16.4 Å². The normalized spacial score (nSPS) is 26.3. The van der Waals surface area contributed by atoms with E-state index in [1.165, 1.54) is 19.3 Å². The smallest absolute Gasteiger partial charge is 0.168 e. The van der Waals surface area contributed by atoms with Crippen molar-refractivity contribution in [3.05, 3.63) is 5.82 Å². The minimum absolute atomic E-state index is 0.220. The number of tetrazole rings is 1. The minimum atomic E-state index is 0.220. The van der Waals surface area contributed by atoms with Crippen LogP contribution in [-0.4, -0.2) is 38.3 Å². The molecule has 0 amide bonds. The van der Waals surface area contributed by atoms with E-state index in [4.69, 9.17) is 0 Å². The molecule has 1 aromatic rings. The summed E-state index contributed by atoms with van der Waals surface area (Å²) in [4.78, 5) is 0. The predicted molar refractivity (Wildman–Crippen MR) is 70.1 cm³/mol. The maximum Gasteiger partial charge on any atom is 0.168 e. The summed E-state index contributed by atoms with van der Waals surface area (Å²) in [5, 5.41) is 16.3. The number of nitrogens with one attached hydrogen (secondary N) is 1. The van der Waals surface area contributed by atoms with Gasteiger partial charge >= 0.3 is 0 Å². The second kappa shape index (κ2) is 5.82. The fourth-order valence-electron chi connectivity index (χ4n) is 2.58. The van der Waals surface area contributed by atoms with Crippen LogP contribution in [0, 0.1) is 0 Å². The molecular formula is C11H21N5S. The zero-order valence-electron chi connectivity index (χ0n) is 10.8. The van der Waals surface area contributed by atoms with Gasteiger partial charge in [-0.1, -0.05) is 13.3 Å². The van der Waals surface area contributed by atoms with Crippen molar-refractivity contribution in [3.63, 3.8) is 0 Å². The van der Waals surface area contributed by atoms with Crippen molar-refractivity contribution in [2.24, 2.45) is 0 Å². The van der Waals surface area contributed by atoms with Crippen molar-refractivity contribution in [3.8, 4) is 0 Å². The zero-order valence-corrected chi connectivity index (χ0v) is 11.6. The number of aromatic nitrogens is 4.